The van der Waals surface area contributed by atoms with Crippen LogP contribution in [0, 0.1) is 5.82 Å². The van der Waals surface area contributed by atoms with Crippen molar-refractivity contribution in [2.45, 2.75) is 29.4 Å². The van der Waals surface area contributed by atoms with Crippen molar-refractivity contribution in [2.75, 3.05) is 17.6 Å². The van der Waals surface area contributed by atoms with Crippen molar-refractivity contribution in [3.63, 3.8) is 0 Å². The third-order valence-electron chi connectivity index (χ3n) is 3.22. The summed E-state index contributed by atoms with van der Waals surface area (Å²) in [7, 11) is -3.86. The first-order valence-electron chi connectivity index (χ1n) is 6.00. The van der Waals surface area contributed by atoms with Crippen molar-refractivity contribution in [1.82, 2.24) is 0 Å². The summed E-state index contributed by atoms with van der Waals surface area (Å²) in [6.07, 6.45) is 2.28. The third-order valence-corrected chi connectivity index (χ3v) is 5.67. The zero-order chi connectivity index (χ0) is 14.1. The average molecular weight is 304 g/mol. The zero-order valence-electron chi connectivity index (χ0n) is 10.6. The van der Waals surface area contributed by atoms with E-state index in [2.05, 4.69) is 12.2 Å². The molecule has 106 valence electrons. The fourth-order valence-corrected chi connectivity index (χ4v) is 3.84. The van der Waals surface area contributed by atoms with Gasteiger partial charge in [0.25, 0.3) is 0 Å². The molecular weight excluding hydrogens is 287 g/mol. The fourth-order valence-electron chi connectivity index (χ4n) is 2.07. The zero-order valence-corrected chi connectivity index (χ0v) is 12.3. The Morgan fingerprint density at radius 1 is 1.53 bits per heavy atom. The summed E-state index contributed by atoms with van der Waals surface area (Å²) in [4.78, 5) is -0.211. The lowest BCUT2D eigenvalue weighted by atomic mass is 10.1. The van der Waals surface area contributed by atoms with Gasteiger partial charge in [-0.1, -0.05) is 0 Å². The van der Waals surface area contributed by atoms with E-state index in [1.54, 1.807) is 0 Å². The standard InChI is InChI=1S/C12H17FN2O2S2/c1-12(5-2-6-18-12)8-15-11-4-3-9(7-10(11)13)19(14,16)17/h3-4,7,15H,2,5-6,8H2,1H3,(H2,14,16,17). The Kier molecular flexibility index (Phi) is 4.08. The van der Waals surface area contributed by atoms with Crippen LogP contribution in [0.25, 0.3) is 0 Å². The highest BCUT2D eigenvalue weighted by atomic mass is 32.2. The molecule has 3 N–H and O–H groups in total. The summed E-state index contributed by atoms with van der Waals surface area (Å²) in [6.45, 7) is 2.80. The molecule has 0 aliphatic carbocycles. The molecule has 0 aromatic heterocycles. The SMILES string of the molecule is CC1(CNc2ccc(S(N)(=O)=O)cc2F)CCCS1. The highest BCUT2D eigenvalue weighted by molar-refractivity contribution is 8.00. The van der Waals surface area contributed by atoms with E-state index < -0.39 is 15.8 Å². The van der Waals surface area contributed by atoms with E-state index in [1.165, 1.54) is 18.6 Å². The van der Waals surface area contributed by atoms with Gasteiger partial charge in [-0.25, -0.2) is 17.9 Å². The lowest BCUT2D eigenvalue weighted by molar-refractivity contribution is 0.591. The molecule has 1 heterocycles. The Bertz CT molecular complexity index is 569. The maximum absolute atomic E-state index is 13.8. The van der Waals surface area contributed by atoms with E-state index >= 15 is 0 Å². The van der Waals surface area contributed by atoms with Crippen molar-refractivity contribution in [1.29, 1.82) is 0 Å². The van der Waals surface area contributed by atoms with Crippen molar-refractivity contribution in [3.05, 3.63) is 24.0 Å². The number of thioether (sulfide) groups is 1. The number of halogens is 1. The van der Waals surface area contributed by atoms with E-state index in [0.29, 0.717) is 12.2 Å². The predicted molar refractivity (Wildman–Crippen MR) is 76.4 cm³/mol. The van der Waals surface area contributed by atoms with Gasteiger partial charge in [0, 0.05) is 11.3 Å². The van der Waals surface area contributed by atoms with Gasteiger partial charge in [0.1, 0.15) is 5.82 Å². The Labute approximate surface area is 117 Å². The molecule has 0 spiro atoms. The maximum atomic E-state index is 13.8. The summed E-state index contributed by atoms with van der Waals surface area (Å²) >= 11 is 1.88. The molecule has 0 saturated carbocycles. The van der Waals surface area contributed by atoms with Crippen LogP contribution in [0.4, 0.5) is 10.1 Å². The van der Waals surface area contributed by atoms with Crippen molar-refractivity contribution >= 4 is 27.5 Å². The van der Waals surface area contributed by atoms with Crippen molar-refractivity contribution < 1.29 is 12.8 Å². The van der Waals surface area contributed by atoms with Crippen LogP contribution >= 0.6 is 11.8 Å². The number of hydrogen-bond donors (Lipinski definition) is 2. The molecule has 1 saturated heterocycles. The van der Waals surface area contributed by atoms with Crippen LogP contribution in [0.3, 0.4) is 0 Å². The van der Waals surface area contributed by atoms with Crippen LogP contribution in [0.1, 0.15) is 19.8 Å². The average Bonchev–Trinajstić information content (AvgIpc) is 2.74. The highest BCUT2D eigenvalue weighted by Gasteiger charge is 2.29. The second-order valence-electron chi connectivity index (χ2n) is 4.94. The second-order valence-corrected chi connectivity index (χ2v) is 8.19. The molecule has 2 rings (SSSR count). The van der Waals surface area contributed by atoms with Gasteiger partial charge in [0.05, 0.1) is 10.6 Å². The van der Waals surface area contributed by atoms with Gasteiger partial charge in [-0.3, -0.25) is 0 Å². The van der Waals surface area contributed by atoms with Gasteiger partial charge in [0.2, 0.25) is 10.0 Å². The van der Waals surface area contributed by atoms with Gasteiger partial charge in [-0.2, -0.15) is 11.8 Å². The summed E-state index contributed by atoms with van der Waals surface area (Å²) in [5, 5.41) is 7.99. The quantitative estimate of drug-likeness (QED) is 0.894. The molecular formula is C12H17FN2O2S2. The number of anilines is 1. The van der Waals surface area contributed by atoms with Crippen LogP contribution in [0.15, 0.2) is 23.1 Å². The van der Waals surface area contributed by atoms with E-state index in [-0.39, 0.29) is 9.64 Å². The minimum atomic E-state index is -3.86. The lowest BCUT2D eigenvalue weighted by Crippen LogP contribution is -2.27. The number of hydrogen-bond acceptors (Lipinski definition) is 4. The molecule has 1 unspecified atom stereocenters. The Balaban J connectivity index is 2.09. The molecule has 1 aromatic rings. The monoisotopic (exact) mass is 304 g/mol. The number of sulfonamides is 1. The van der Waals surface area contributed by atoms with Crippen LogP contribution in [-0.2, 0) is 10.0 Å². The van der Waals surface area contributed by atoms with Crippen molar-refractivity contribution in [3.8, 4) is 0 Å². The number of primary sulfonamides is 1. The predicted octanol–water partition coefficient (Wildman–Crippen LogP) is 2.17. The number of rotatable bonds is 4. The Morgan fingerprint density at radius 2 is 2.26 bits per heavy atom. The number of nitrogens with one attached hydrogen (secondary N) is 1. The highest BCUT2D eigenvalue weighted by Crippen LogP contribution is 2.37. The van der Waals surface area contributed by atoms with Crippen LogP contribution < -0.4 is 10.5 Å². The molecule has 0 amide bonds. The summed E-state index contributed by atoms with van der Waals surface area (Å²) < 4.78 is 36.1. The van der Waals surface area contributed by atoms with Crippen LogP contribution in [0.2, 0.25) is 0 Å². The molecule has 4 nitrogen and oxygen atoms in total. The molecule has 1 aliphatic rings. The molecule has 1 atom stereocenters. The Hall–Kier alpha value is -0.790. The molecule has 0 radical (unpaired) electrons. The van der Waals surface area contributed by atoms with E-state index in [9.17, 15) is 12.8 Å². The smallest absolute Gasteiger partial charge is 0.238 e. The van der Waals surface area contributed by atoms with Gasteiger partial charge >= 0.3 is 0 Å². The maximum Gasteiger partial charge on any atom is 0.238 e. The van der Waals surface area contributed by atoms with Gasteiger partial charge in [-0.15, -0.1) is 0 Å². The number of nitrogens with two attached hydrogens (primary N) is 1. The Morgan fingerprint density at radius 3 is 2.79 bits per heavy atom. The van der Waals surface area contributed by atoms with Gasteiger partial charge in [-0.05, 0) is 43.7 Å². The third kappa shape index (κ3) is 3.61. The first-order chi connectivity index (χ1) is 8.80. The topological polar surface area (TPSA) is 72.2 Å². The van der Waals surface area contributed by atoms with E-state index in [1.807, 2.05) is 11.8 Å². The van der Waals surface area contributed by atoms with E-state index in [4.69, 9.17) is 5.14 Å². The van der Waals surface area contributed by atoms with Gasteiger partial charge < -0.3 is 5.32 Å². The normalized spacial score (nSPS) is 23.5. The molecule has 19 heavy (non-hydrogen) atoms. The lowest BCUT2D eigenvalue weighted by Gasteiger charge is -2.23. The fraction of sp³-hybridized carbons (Fsp3) is 0.500. The number of benzene rings is 1. The first kappa shape index (κ1) is 14.6. The second kappa shape index (κ2) is 5.30. The van der Waals surface area contributed by atoms with E-state index in [0.717, 1.165) is 18.2 Å². The minimum Gasteiger partial charge on any atom is -0.381 e. The summed E-state index contributed by atoms with van der Waals surface area (Å²) in [5.41, 5.74) is 0.307. The van der Waals surface area contributed by atoms with Gasteiger partial charge in [0.15, 0.2) is 0 Å². The van der Waals surface area contributed by atoms with Crippen molar-refractivity contribution in [2.24, 2.45) is 5.14 Å². The molecule has 1 aliphatic heterocycles. The first-order valence-corrected chi connectivity index (χ1v) is 8.54. The summed E-state index contributed by atoms with van der Waals surface area (Å²) in [6, 6.07) is 3.67. The van der Waals surface area contributed by atoms with Crippen LogP contribution in [0.5, 0.6) is 0 Å². The van der Waals surface area contributed by atoms with Crippen LogP contribution in [-0.4, -0.2) is 25.5 Å². The summed E-state index contributed by atoms with van der Waals surface area (Å²) in [5.74, 6) is 0.531. The molecule has 1 fully saturated rings. The minimum absolute atomic E-state index is 0.116. The molecule has 0 bridgehead atoms. The molecule has 1 aromatic carbocycles. The largest absolute Gasteiger partial charge is 0.381 e. The molecule has 7 heteroatoms.